The van der Waals surface area contributed by atoms with Crippen molar-refractivity contribution in [3.05, 3.63) is 30.1 Å². The number of likely N-dealkylation sites (N-methyl/N-ethyl adjacent to an activating group) is 1. The molecule has 3 rings (SSSR count). The Morgan fingerprint density at radius 2 is 1.81 bits per heavy atom. The lowest BCUT2D eigenvalue weighted by Gasteiger charge is -2.35. The van der Waals surface area contributed by atoms with Gasteiger partial charge in [-0.05, 0) is 12.1 Å². The van der Waals surface area contributed by atoms with Gasteiger partial charge in [0.25, 0.3) is 0 Å². The second-order valence-corrected chi connectivity index (χ2v) is 7.25. The van der Waals surface area contributed by atoms with Crippen LogP contribution in [0, 0.1) is 11.7 Å². The molecule has 1 aromatic rings. The minimum absolute atomic E-state index is 0.0386. The summed E-state index contributed by atoms with van der Waals surface area (Å²) >= 11 is 0. The van der Waals surface area contributed by atoms with Crippen molar-refractivity contribution in [3.63, 3.8) is 0 Å². The topological polar surface area (TPSA) is 64.2 Å². The molecule has 146 valence electrons. The van der Waals surface area contributed by atoms with Crippen LogP contribution in [0.1, 0.15) is 6.42 Å². The van der Waals surface area contributed by atoms with Crippen LogP contribution in [-0.4, -0.2) is 85.8 Å². The summed E-state index contributed by atoms with van der Waals surface area (Å²) in [6.07, 6.45) is 0.104. The lowest BCUT2D eigenvalue weighted by molar-refractivity contribution is -0.138. The molecule has 2 heterocycles. The largest absolute Gasteiger partial charge is 0.348 e. The molecule has 3 amide bonds. The molecular formula is C19H25FN4O3. The molecule has 0 spiro atoms. The van der Waals surface area contributed by atoms with Crippen molar-refractivity contribution in [2.75, 3.05) is 58.3 Å². The van der Waals surface area contributed by atoms with Crippen LogP contribution in [0.4, 0.5) is 10.1 Å². The van der Waals surface area contributed by atoms with Crippen LogP contribution in [0.15, 0.2) is 24.3 Å². The number of halogens is 1. The zero-order valence-corrected chi connectivity index (χ0v) is 15.7. The van der Waals surface area contributed by atoms with E-state index in [1.165, 1.54) is 11.0 Å². The molecule has 2 aliphatic rings. The van der Waals surface area contributed by atoms with Gasteiger partial charge in [0.1, 0.15) is 5.82 Å². The highest BCUT2D eigenvalue weighted by Gasteiger charge is 2.38. The average molecular weight is 376 g/mol. The standard InChI is InChI=1S/C19H25FN4O3/c1-21(2)18(26)13-22-7-9-23(10-8-22)19(27)14-11-17(25)24(12-14)16-6-4-3-5-15(16)20/h3-6,14H,7-13H2,1-2H3/t14-/m1/s1. The Bertz CT molecular complexity index is 731. The molecule has 0 bridgehead atoms. The van der Waals surface area contributed by atoms with Crippen molar-refractivity contribution < 1.29 is 18.8 Å². The fourth-order valence-electron chi connectivity index (χ4n) is 3.49. The van der Waals surface area contributed by atoms with Crippen LogP contribution < -0.4 is 4.90 Å². The lowest BCUT2D eigenvalue weighted by Crippen LogP contribution is -2.52. The van der Waals surface area contributed by atoms with Crippen molar-refractivity contribution in [1.82, 2.24) is 14.7 Å². The van der Waals surface area contributed by atoms with E-state index >= 15 is 0 Å². The van der Waals surface area contributed by atoms with Crippen LogP contribution in [0.5, 0.6) is 0 Å². The van der Waals surface area contributed by atoms with Crippen LogP contribution in [-0.2, 0) is 14.4 Å². The van der Waals surface area contributed by atoms with Gasteiger partial charge in [-0.15, -0.1) is 0 Å². The van der Waals surface area contributed by atoms with E-state index in [1.807, 2.05) is 4.90 Å². The number of para-hydroxylation sites is 1. The highest BCUT2D eigenvalue weighted by atomic mass is 19.1. The van der Waals surface area contributed by atoms with E-state index in [4.69, 9.17) is 0 Å². The number of piperazine rings is 1. The molecule has 0 radical (unpaired) electrons. The van der Waals surface area contributed by atoms with E-state index in [0.717, 1.165) is 0 Å². The summed E-state index contributed by atoms with van der Waals surface area (Å²) < 4.78 is 14.0. The third kappa shape index (κ3) is 4.27. The molecule has 0 saturated carbocycles. The summed E-state index contributed by atoms with van der Waals surface area (Å²) in [5.41, 5.74) is 0.227. The number of carbonyl (C=O) groups is 3. The first-order chi connectivity index (χ1) is 12.9. The monoisotopic (exact) mass is 376 g/mol. The van der Waals surface area contributed by atoms with E-state index in [-0.39, 0.29) is 36.4 Å². The first kappa shape index (κ1) is 19.3. The first-order valence-electron chi connectivity index (χ1n) is 9.13. The number of carbonyl (C=O) groups excluding carboxylic acids is 3. The van der Waals surface area contributed by atoms with Crippen LogP contribution in [0.25, 0.3) is 0 Å². The fraction of sp³-hybridized carbons (Fsp3) is 0.526. The second kappa shape index (κ2) is 8.04. The smallest absolute Gasteiger partial charge is 0.236 e. The van der Waals surface area contributed by atoms with E-state index < -0.39 is 11.7 Å². The Balaban J connectivity index is 1.56. The highest BCUT2D eigenvalue weighted by Crippen LogP contribution is 2.28. The van der Waals surface area contributed by atoms with Crippen molar-refractivity contribution >= 4 is 23.4 Å². The summed E-state index contributed by atoms with van der Waals surface area (Å²) in [5.74, 6) is -1.17. The number of rotatable bonds is 4. The molecular weight excluding hydrogens is 351 g/mol. The molecule has 2 saturated heterocycles. The first-order valence-corrected chi connectivity index (χ1v) is 9.13. The van der Waals surface area contributed by atoms with Gasteiger partial charge in [0, 0.05) is 53.2 Å². The molecule has 2 fully saturated rings. The van der Waals surface area contributed by atoms with E-state index in [1.54, 1.807) is 42.1 Å². The predicted octanol–water partition coefficient (Wildman–Crippen LogP) is 0.411. The number of amides is 3. The third-order valence-corrected chi connectivity index (χ3v) is 5.16. The Kier molecular flexibility index (Phi) is 5.74. The quantitative estimate of drug-likeness (QED) is 0.764. The second-order valence-electron chi connectivity index (χ2n) is 7.25. The minimum atomic E-state index is -0.460. The highest BCUT2D eigenvalue weighted by molar-refractivity contribution is 6.00. The van der Waals surface area contributed by atoms with Gasteiger partial charge in [-0.25, -0.2) is 4.39 Å². The maximum Gasteiger partial charge on any atom is 0.236 e. The summed E-state index contributed by atoms with van der Waals surface area (Å²) in [7, 11) is 3.45. The van der Waals surface area contributed by atoms with Crippen LogP contribution in [0.3, 0.4) is 0 Å². The molecule has 0 aromatic heterocycles. The zero-order valence-electron chi connectivity index (χ0n) is 15.7. The minimum Gasteiger partial charge on any atom is -0.348 e. The Morgan fingerprint density at radius 3 is 2.44 bits per heavy atom. The van der Waals surface area contributed by atoms with Gasteiger partial charge < -0.3 is 14.7 Å². The van der Waals surface area contributed by atoms with Crippen molar-refractivity contribution in [1.29, 1.82) is 0 Å². The van der Waals surface area contributed by atoms with Crippen molar-refractivity contribution in [2.24, 2.45) is 5.92 Å². The molecule has 27 heavy (non-hydrogen) atoms. The molecule has 0 N–H and O–H groups in total. The molecule has 1 atom stereocenters. The van der Waals surface area contributed by atoms with Crippen LogP contribution >= 0.6 is 0 Å². The Morgan fingerprint density at radius 1 is 1.15 bits per heavy atom. The van der Waals surface area contributed by atoms with Gasteiger partial charge in [0.05, 0.1) is 18.2 Å². The molecule has 8 heteroatoms. The van der Waals surface area contributed by atoms with E-state index in [0.29, 0.717) is 32.7 Å². The molecule has 1 aromatic carbocycles. The summed E-state index contributed by atoms with van der Waals surface area (Å²) in [6, 6.07) is 6.12. The number of anilines is 1. The molecule has 7 nitrogen and oxygen atoms in total. The normalized spacial score (nSPS) is 20.9. The average Bonchev–Trinajstić information content (AvgIpc) is 3.03. The van der Waals surface area contributed by atoms with Gasteiger partial charge in [0.2, 0.25) is 17.7 Å². The SMILES string of the molecule is CN(C)C(=O)CN1CCN(C(=O)[C@@H]2CC(=O)N(c3ccccc3F)C2)CC1. The van der Waals surface area contributed by atoms with Gasteiger partial charge in [0.15, 0.2) is 0 Å². The van der Waals surface area contributed by atoms with Crippen LogP contribution in [0.2, 0.25) is 0 Å². The van der Waals surface area contributed by atoms with E-state index in [2.05, 4.69) is 0 Å². The number of nitrogens with zero attached hydrogens (tertiary/aromatic N) is 4. The summed E-state index contributed by atoms with van der Waals surface area (Å²) in [4.78, 5) is 43.6. The van der Waals surface area contributed by atoms with Crippen molar-refractivity contribution in [3.8, 4) is 0 Å². The molecule has 0 unspecified atom stereocenters. The van der Waals surface area contributed by atoms with Gasteiger partial charge >= 0.3 is 0 Å². The predicted molar refractivity (Wildman–Crippen MR) is 98.6 cm³/mol. The van der Waals surface area contributed by atoms with Gasteiger partial charge in [-0.1, -0.05) is 12.1 Å². The number of hydrogen-bond donors (Lipinski definition) is 0. The molecule has 0 aliphatic carbocycles. The van der Waals surface area contributed by atoms with E-state index in [9.17, 15) is 18.8 Å². The molecule has 2 aliphatic heterocycles. The third-order valence-electron chi connectivity index (χ3n) is 5.16. The number of hydrogen-bond acceptors (Lipinski definition) is 4. The summed E-state index contributed by atoms with van der Waals surface area (Å²) in [5, 5.41) is 0. The maximum atomic E-state index is 14.0. The maximum absolute atomic E-state index is 14.0. The van der Waals surface area contributed by atoms with Gasteiger partial charge in [-0.3, -0.25) is 19.3 Å². The zero-order chi connectivity index (χ0) is 19.6. The fourth-order valence-corrected chi connectivity index (χ4v) is 3.49. The summed E-state index contributed by atoms with van der Waals surface area (Å²) in [6.45, 7) is 2.87. The Hall–Kier alpha value is -2.48. The van der Waals surface area contributed by atoms with Gasteiger partial charge in [-0.2, -0.15) is 0 Å². The number of benzene rings is 1. The van der Waals surface area contributed by atoms with Crippen molar-refractivity contribution in [2.45, 2.75) is 6.42 Å². The lowest BCUT2D eigenvalue weighted by atomic mass is 10.1. The Labute approximate surface area is 158 Å².